The molecule has 1 fully saturated rings. The van der Waals surface area contributed by atoms with Crippen molar-refractivity contribution in [3.05, 3.63) is 28.5 Å². The molecule has 0 amide bonds. The molecule has 4 heteroatoms. The van der Waals surface area contributed by atoms with Gasteiger partial charge in [0, 0.05) is 42.5 Å². The summed E-state index contributed by atoms with van der Waals surface area (Å²) in [5, 5.41) is 3.48. The molecule has 1 N–H and O–H groups in total. The van der Waals surface area contributed by atoms with Crippen LogP contribution in [0.1, 0.15) is 31.2 Å². The van der Waals surface area contributed by atoms with Crippen molar-refractivity contribution < 1.29 is 0 Å². The SMILES string of the molecule is CN(CCNCc1cncc(Br)c1)C1CCCC1. The number of rotatable bonds is 6. The zero-order chi connectivity index (χ0) is 12.8. The quantitative estimate of drug-likeness (QED) is 0.819. The van der Waals surface area contributed by atoms with E-state index in [-0.39, 0.29) is 0 Å². The van der Waals surface area contributed by atoms with Gasteiger partial charge in [-0.25, -0.2) is 0 Å². The molecule has 0 unspecified atom stereocenters. The minimum atomic E-state index is 0.819. The molecular formula is C14H22BrN3. The number of nitrogens with zero attached hydrogens (tertiary/aromatic N) is 2. The van der Waals surface area contributed by atoms with Crippen molar-refractivity contribution in [3.63, 3.8) is 0 Å². The molecule has 0 spiro atoms. The number of pyridine rings is 1. The Morgan fingerprint density at radius 2 is 2.17 bits per heavy atom. The van der Waals surface area contributed by atoms with Crippen molar-refractivity contribution >= 4 is 15.9 Å². The van der Waals surface area contributed by atoms with E-state index in [2.05, 4.69) is 44.2 Å². The summed E-state index contributed by atoms with van der Waals surface area (Å²) < 4.78 is 1.05. The Hall–Kier alpha value is -0.450. The van der Waals surface area contributed by atoms with E-state index in [1.807, 2.05) is 12.4 Å². The standard InChI is InChI=1S/C14H22BrN3/c1-18(14-4-2-3-5-14)7-6-16-9-12-8-13(15)11-17-10-12/h8,10-11,14,16H,2-7,9H2,1H3. The molecule has 18 heavy (non-hydrogen) atoms. The van der Waals surface area contributed by atoms with Gasteiger partial charge in [-0.15, -0.1) is 0 Å². The van der Waals surface area contributed by atoms with E-state index >= 15 is 0 Å². The first-order chi connectivity index (χ1) is 8.75. The molecule has 1 saturated carbocycles. The summed E-state index contributed by atoms with van der Waals surface area (Å²) in [6, 6.07) is 2.93. The molecule has 100 valence electrons. The molecule has 0 aliphatic heterocycles. The summed E-state index contributed by atoms with van der Waals surface area (Å²) in [7, 11) is 2.25. The van der Waals surface area contributed by atoms with Crippen molar-refractivity contribution in [2.45, 2.75) is 38.3 Å². The number of likely N-dealkylation sites (N-methyl/N-ethyl adjacent to an activating group) is 1. The highest BCUT2D eigenvalue weighted by Gasteiger charge is 2.18. The highest BCUT2D eigenvalue weighted by Crippen LogP contribution is 2.21. The summed E-state index contributed by atoms with van der Waals surface area (Å²) >= 11 is 3.44. The predicted octanol–water partition coefficient (Wildman–Crippen LogP) is 2.81. The van der Waals surface area contributed by atoms with Gasteiger partial charge in [0.1, 0.15) is 0 Å². The van der Waals surface area contributed by atoms with Gasteiger partial charge in [0.15, 0.2) is 0 Å². The van der Waals surface area contributed by atoms with Gasteiger partial charge in [-0.2, -0.15) is 0 Å². The Morgan fingerprint density at radius 1 is 1.39 bits per heavy atom. The normalized spacial score (nSPS) is 16.6. The van der Waals surface area contributed by atoms with Crippen LogP contribution in [0.2, 0.25) is 0 Å². The summed E-state index contributed by atoms with van der Waals surface area (Å²) in [4.78, 5) is 6.66. The maximum Gasteiger partial charge on any atom is 0.0410 e. The fourth-order valence-corrected chi connectivity index (χ4v) is 2.98. The van der Waals surface area contributed by atoms with Gasteiger partial charge in [0.05, 0.1) is 0 Å². The first-order valence-electron chi connectivity index (χ1n) is 6.76. The van der Waals surface area contributed by atoms with Gasteiger partial charge in [-0.1, -0.05) is 12.8 Å². The Bertz CT molecular complexity index is 364. The lowest BCUT2D eigenvalue weighted by Gasteiger charge is -2.23. The molecule has 1 aromatic heterocycles. The van der Waals surface area contributed by atoms with Gasteiger partial charge < -0.3 is 10.2 Å². The molecule has 3 nitrogen and oxygen atoms in total. The van der Waals surface area contributed by atoms with Crippen molar-refractivity contribution in [3.8, 4) is 0 Å². The number of halogens is 1. The molecule has 0 atom stereocenters. The largest absolute Gasteiger partial charge is 0.311 e. The first-order valence-corrected chi connectivity index (χ1v) is 7.55. The highest BCUT2D eigenvalue weighted by atomic mass is 79.9. The van der Waals surface area contributed by atoms with E-state index in [9.17, 15) is 0 Å². The Kier molecular flexibility index (Phi) is 5.60. The van der Waals surface area contributed by atoms with E-state index < -0.39 is 0 Å². The van der Waals surface area contributed by atoms with Crippen LogP contribution in [0.4, 0.5) is 0 Å². The Morgan fingerprint density at radius 3 is 2.89 bits per heavy atom. The second kappa shape index (κ2) is 7.22. The van der Waals surface area contributed by atoms with Crippen LogP contribution in [-0.2, 0) is 6.54 Å². The minimum absolute atomic E-state index is 0.819. The second-order valence-electron chi connectivity index (χ2n) is 5.11. The lowest BCUT2D eigenvalue weighted by Crippen LogP contribution is -2.35. The number of hydrogen-bond donors (Lipinski definition) is 1. The smallest absolute Gasteiger partial charge is 0.0410 e. The third-order valence-electron chi connectivity index (χ3n) is 3.68. The Balaban J connectivity index is 1.63. The topological polar surface area (TPSA) is 28.2 Å². The third-order valence-corrected chi connectivity index (χ3v) is 4.11. The fraction of sp³-hybridized carbons (Fsp3) is 0.643. The fourth-order valence-electron chi connectivity index (χ4n) is 2.57. The minimum Gasteiger partial charge on any atom is -0.311 e. The van der Waals surface area contributed by atoms with Gasteiger partial charge in [0.25, 0.3) is 0 Å². The van der Waals surface area contributed by atoms with Crippen LogP contribution in [0, 0.1) is 0 Å². The monoisotopic (exact) mass is 311 g/mol. The molecule has 1 heterocycles. The summed E-state index contributed by atoms with van der Waals surface area (Å²) in [5.41, 5.74) is 1.23. The molecule has 2 rings (SSSR count). The summed E-state index contributed by atoms with van der Waals surface area (Å²) in [5.74, 6) is 0. The van der Waals surface area contributed by atoms with E-state index in [4.69, 9.17) is 0 Å². The van der Waals surface area contributed by atoms with Crippen LogP contribution < -0.4 is 5.32 Å². The van der Waals surface area contributed by atoms with Crippen molar-refractivity contribution in [1.82, 2.24) is 15.2 Å². The van der Waals surface area contributed by atoms with Crippen LogP contribution in [0.3, 0.4) is 0 Å². The van der Waals surface area contributed by atoms with E-state index in [1.54, 1.807) is 0 Å². The van der Waals surface area contributed by atoms with Gasteiger partial charge in [-0.05, 0) is 47.4 Å². The number of nitrogens with one attached hydrogen (secondary N) is 1. The average molecular weight is 312 g/mol. The number of hydrogen-bond acceptors (Lipinski definition) is 3. The van der Waals surface area contributed by atoms with Crippen molar-refractivity contribution in [1.29, 1.82) is 0 Å². The average Bonchev–Trinajstić information content (AvgIpc) is 2.88. The zero-order valence-corrected chi connectivity index (χ0v) is 12.6. The summed E-state index contributed by atoms with van der Waals surface area (Å²) in [6.45, 7) is 3.07. The molecule has 0 radical (unpaired) electrons. The molecule has 1 aromatic rings. The molecule has 0 aromatic carbocycles. The van der Waals surface area contributed by atoms with Gasteiger partial charge in [-0.3, -0.25) is 4.98 Å². The Labute approximate surface area is 118 Å². The first kappa shape index (κ1) is 14.0. The maximum atomic E-state index is 4.16. The van der Waals surface area contributed by atoms with Crippen LogP contribution in [0.15, 0.2) is 22.9 Å². The van der Waals surface area contributed by atoms with Gasteiger partial charge in [0.2, 0.25) is 0 Å². The predicted molar refractivity (Wildman–Crippen MR) is 78.5 cm³/mol. The van der Waals surface area contributed by atoms with E-state index in [0.717, 1.165) is 30.1 Å². The van der Waals surface area contributed by atoms with Crippen molar-refractivity contribution in [2.24, 2.45) is 0 Å². The van der Waals surface area contributed by atoms with Crippen LogP contribution in [0.25, 0.3) is 0 Å². The van der Waals surface area contributed by atoms with Crippen molar-refractivity contribution in [2.75, 3.05) is 20.1 Å². The lowest BCUT2D eigenvalue weighted by molar-refractivity contribution is 0.245. The lowest BCUT2D eigenvalue weighted by atomic mass is 10.2. The molecule has 1 aliphatic carbocycles. The van der Waals surface area contributed by atoms with Crippen LogP contribution in [-0.4, -0.2) is 36.1 Å². The van der Waals surface area contributed by atoms with Crippen LogP contribution in [0.5, 0.6) is 0 Å². The highest BCUT2D eigenvalue weighted by molar-refractivity contribution is 9.10. The van der Waals surface area contributed by atoms with Gasteiger partial charge >= 0.3 is 0 Å². The molecule has 0 saturated heterocycles. The van der Waals surface area contributed by atoms with E-state index in [0.29, 0.717) is 0 Å². The van der Waals surface area contributed by atoms with Crippen LogP contribution >= 0.6 is 15.9 Å². The maximum absolute atomic E-state index is 4.16. The van der Waals surface area contributed by atoms with E-state index in [1.165, 1.54) is 31.2 Å². The second-order valence-corrected chi connectivity index (χ2v) is 6.02. The molecule has 1 aliphatic rings. The zero-order valence-electron chi connectivity index (χ0n) is 11.0. The summed E-state index contributed by atoms with van der Waals surface area (Å²) in [6.07, 6.45) is 9.31. The molecular weight excluding hydrogens is 290 g/mol. The number of aromatic nitrogens is 1. The third kappa shape index (κ3) is 4.34. The molecule has 0 bridgehead atoms.